The van der Waals surface area contributed by atoms with Gasteiger partial charge in [0.05, 0.1) is 10.7 Å². The number of aryl methyl sites for hydroxylation is 2. The molecule has 1 N–H and O–H groups in total. The van der Waals surface area contributed by atoms with Crippen LogP contribution >= 0.6 is 23.2 Å². The molecular weight excluding hydrogens is 451 g/mol. The molecule has 1 heterocycles. The number of carbonyl (C=O) groups excluding carboxylic acids is 2. The van der Waals surface area contributed by atoms with Crippen molar-refractivity contribution in [3.8, 4) is 5.75 Å². The Morgan fingerprint density at radius 1 is 1.06 bits per heavy atom. The number of hydrogen-bond donors (Lipinski definition) is 1. The Kier molecular flexibility index (Phi) is 6.35. The molecule has 1 aromatic heterocycles. The van der Waals surface area contributed by atoms with Gasteiger partial charge in [0.1, 0.15) is 11.5 Å². The standard InChI is InChI=1S/C24H20Cl2N2O4/c1-13-6-8-15(9-7-13)23(29)28-27-18-4-3-5-20-21(18)14(2)22(31-20)24(30)32-19-11-10-16(25)12-17(19)26/h6-12H,3-5H2,1-2H3,(H,28,29)/b27-18+. The highest BCUT2D eigenvalue weighted by molar-refractivity contribution is 6.35. The number of nitrogens with one attached hydrogen (secondary N) is 1. The van der Waals surface area contributed by atoms with E-state index in [-0.39, 0.29) is 22.4 Å². The Morgan fingerprint density at radius 3 is 2.53 bits per heavy atom. The first-order valence-corrected chi connectivity index (χ1v) is 10.8. The lowest BCUT2D eigenvalue weighted by molar-refractivity contribution is 0.0698. The number of rotatable bonds is 4. The molecule has 0 fully saturated rings. The summed E-state index contributed by atoms with van der Waals surface area (Å²) in [6, 6.07) is 11.8. The van der Waals surface area contributed by atoms with E-state index in [1.807, 2.05) is 19.1 Å². The van der Waals surface area contributed by atoms with Crippen molar-refractivity contribution >= 4 is 40.8 Å². The minimum Gasteiger partial charge on any atom is -0.453 e. The molecule has 164 valence electrons. The van der Waals surface area contributed by atoms with Gasteiger partial charge in [-0.15, -0.1) is 0 Å². The largest absolute Gasteiger partial charge is 0.453 e. The zero-order chi connectivity index (χ0) is 22.8. The van der Waals surface area contributed by atoms with Crippen LogP contribution in [0.3, 0.4) is 0 Å². The molecule has 8 heteroatoms. The summed E-state index contributed by atoms with van der Waals surface area (Å²) in [5.74, 6) is -0.0484. The van der Waals surface area contributed by atoms with E-state index >= 15 is 0 Å². The van der Waals surface area contributed by atoms with Gasteiger partial charge in [-0.1, -0.05) is 40.9 Å². The number of ether oxygens (including phenoxy) is 1. The molecule has 0 aliphatic heterocycles. The topological polar surface area (TPSA) is 80.9 Å². The molecule has 1 aliphatic carbocycles. The Morgan fingerprint density at radius 2 is 1.81 bits per heavy atom. The third kappa shape index (κ3) is 4.56. The van der Waals surface area contributed by atoms with Crippen molar-refractivity contribution < 1.29 is 18.7 Å². The maximum absolute atomic E-state index is 12.8. The Balaban J connectivity index is 1.57. The summed E-state index contributed by atoms with van der Waals surface area (Å²) < 4.78 is 11.2. The average molecular weight is 471 g/mol. The summed E-state index contributed by atoms with van der Waals surface area (Å²) in [5, 5.41) is 4.99. The first kappa shape index (κ1) is 22.1. The summed E-state index contributed by atoms with van der Waals surface area (Å²) in [6.45, 7) is 3.72. The number of amides is 1. The predicted molar refractivity (Wildman–Crippen MR) is 123 cm³/mol. The molecular formula is C24H20Cl2N2O4. The van der Waals surface area contributed by atoms with E-state index in [4.69, 9.17) is 32.4 Å². The van der Waals surface area contributed by atoms with Crippen LogP contribution in [0.5, 0.6) is 5.75 Å². The molecule has 2 aromatic carbocycles. The van der Waals surface area contributed by atoms with Gasteiger partial charge in [0.15, 0.2) is 0 Å². The maximum Gasteiger partial charge on any atom is 0.379 e. The van der Waals surface area contributed by atoms with Gasteiger partial charge in [0, 0.05) is 28.1 Å². The number of esters is 1. The van der Waals surface area contributed by atoms with Crippen molar-refractivity contribution in [3.05, 3.63) is 86.3 Å². The third-order valence-electron chi connectivity index (χ3n) is 5.21. The van der Waals surface area contributed by atoms with Crippen molar-refractivity contribution in [2.75, 3.05) is 0 Å². The van der Waals surface area contributed by atoms with Crippen LogP contribution in [0.2, 0.25) is 10.0 Å². The quantitative estimate of drug-likeness (QED) is 0.292. The summed E-state index contributed by atoms with van der Waals surface area (Å²) in [5.41, 5.74) is 6.20. The number of fused-ring (bicyclic) bond motifs is 1. The second-order valence-electron chi connectivity index (χ2n) is 7.54. The van der Waals surface area contributed by atoms with Gasteiger partial charge in [-0.2, -0.15) is 5.10 Å². The van der Waals surface area contributed by atoms with Crippen LogP contribution in [0.25, 0.3) is 0 Å². The van der Waals surface area contributed by atoms with E-state index in [1.165, 1.54) is 12.1 Å². The minimum absolute atomic E-state index is 0.0838. The molecule has 0 saturated heterocycles. The lowest BCUT2D eigenvalue weighted by Gasteiger charge is -2.13. The smallest absolute Gasteiger partial charge is 0.379 e. The fraction of sp³-hybridized carbons (Fsp3) is 0.208. The number of benzene rings is 2. The van der Waals surface area contributed by atoms with E-state index in [1.54, 1.807) is 25.1 Å². The molecule has 32 heavy (non-hydrogen) atoms. The molecule has 0 bridgehead atoms. The van der Waals surface area contributed by atoms with Gasteiger partial charge < -0.3 is 9.15 Å². The number of furan rings is 1. The van der Waals surface area contributed by atoms with Gasteiger partial charge in [-0.3, -0.25) is 4.79 Å². The van der Waals surface area contributed by atoms with Gasteiger partial charge in [-0.25, -0.2) is 10.2 Å². The van der Waals surface area contributed by atoms with Crippen LogP contribution in [0.4, 0.5) is 0 Å². The summed E-state index contributed by atoms with van der Waals surface area (Å²) >= 11 is 12.0. The molecule has 6 nitrogen and oxygen atoms in total. The Hall–Kier alpha value is -3.09. The number of hydrogen-bond acceptors (Lipinski definition) is 5. The monoisotopic (exact) mass is 470 g/mol. The highest BCUT2D eigenvalue weighted by Gasteiger charge is 2.29. The highest BCUT2D eigenvalue weighted by Crippen LogP contribution is 2.32. The van der Waals surface area contributed by atoms with Crippen LogP contribution in [-0.2, 0) is 6.42 Å². The molecule has 0 saturated carbocycles. The summed E-state index contributed by atoms with van der Waals surface area (Å²) in [7, 11) is 0. The second-order valence-corrected chi connectivity index (χ2v) is 8.38. The minimum atomic E-state index is -0.663. The fourth-order valence-corrected chi connectivity index (χ4v) is 4.01. The van der Waals surface area contributed by atoms with Gasteiger partial charge in [-0.05, 0) is 57.0 Å². The molecule has 1 amide bonds. The molecule has 3 aromatic rings. The van der Waals surface area contributed by atoms with Crippen molar-refractivity contribution in [1.29, 1.82) is 0 Å². The Bertz CT molecular complexity index is 1230. The third-order valence-corrected chi connectivity index (χ3v) is 5.74. The average Bonchev–Trinajstić information content (AvgIpc) is 3.12. The number of hydrazone groups is 1. The molecule has 4 rings (SSSR count). The number of carbonyl (C=O) groups is 2. The van der Waals surface area contributed by atoms with Gasteiger partial charge >= 0.3 is 5.97 Å². The molecule has 0 spiro atoms. The Labute approximate surface area is 195 Å². The van der Waals surface area contributed by atoms with Gasteiger partial charge in [0.2, 0.25) is 5.76 Å². The predicted octanol–water partition coefficient (Wildman–Crippen LogP) is 5.89. The van der Waals surface area contributed by atoms with Crippen LogP contribution in [0.15, 0.2) is 52.0 Å². The number of halogens is 2. The van der Waals surface area contributed by atoms with Crippen molar-refractivity contribution in [3.63, 3.8) is 0 Å². The number of nitrogens with zero attached hydrogens (tertiary/aromatic N) is 1. The van der Waals surface area contributed by atoms with Crippen molar-refractivity contribution in [2.24, 2.45) is 5.10 Å². The van der Waals surface area contributed by atoms with E-state index in [0.717, 1.165) is 17.5 Å². The second kappa shape index (κ2) is 9.18. The van der Waals surface area contributed by atoms with Crippen LogP contribution < -0.4 is 10.2 Å². The summed E-state index contributed by atoms with van der Waals surface area (Å²) in [4.78, 5) is 25.2. The fourth-order valence-electron chi connectivity index (χ4n) is 3.57. The molecule has 1 aliphatic rings. The first-order valence-electron chi connectivity index (χ1n) is 10.1. The van der Waals surface area contributed by atoms with Crippen molar-refractivity contribution in [2.45, 2.75) is 33.1 Å². The highest BCUT2D eigenvalue weighted by atomic mass is 35.5. The van der Waals surface area contributed by atoms with E-state index < -0.39 is 5.97 Å². The molecule has 0 unspecified atom stereocenters. The SMILES string of the molecule is Cc1ccc(C(=O)N/N=C2\CCCc3oc(C(=O)Oc4ccc(Cl)cc4Cl)c(C)c32)cc1. The van der Waals surface area contributed by atoms with Crippen LogP contribution in [-0.4, -0.2) is 17.6 Å². The summed E-state index contributed by atoms with van der Waals surface area (Å²) in [6.07, 6.45) is 2.10. The maximum atomic E-state index is 12.8. The zero-order valence-electron chi connectivity index (χ0n) is 17.5. The van der Waals surface area contributed by atoms with E-state index in [2.05, 4.69) is 10.5 Å². The lowest BCUT2D eigenvalue weighted by Crippen LogP contribution is -2.22. The van der Waals surface area contributed by atoms with E-state index in [9.17, 15) is 9.59 Å². The van der Waals surface area contributed by atoms with Gasteiger partial charge in [0.25, 0.3) is 5.91 Å². The van der Waals surface area contributed by atoms with Crippen LogP contribution in [0, 0.1) is 13.8 Å². The lowest BCUT2D eigenvalue weighted by atomic mass is 9.93. The first-order chi connectivity index (χ1) is 15.3. The van der Waals surface area contributed by atoms with Crippen molar-refractivity contribution in [1.82, 2.24) is 5.43 Å². The molecule has 0 radical (unpaired) electrons. The molecule has 0 atom stereocenters. The zero-order valence-corrected chi connectivity index (χ0v) is 19.0. The van der Waals surface area contributed by atoms with E-state index in [0.29, 0.717) is 40.5 Å². The van der Waals surface area contributed by atoms with Crippen LogP contribution in [0.1, 0.15) is 56.2 Å². The normalized spacial score (nSPS) is 14.2.